The van der Waals surface area contributed by atoms with Gasteiger partial charge in [-0.25, -0.2) is 0 Å². The van der Waals surface area contributed by atoms with Crippen molar-refractivity contribution in [3.05, 3.63) is 362 Å². The van der Waals surface area contributed by atoms with E-state index in [9.17, 15) is 0 Å². The maximum absolute atomic E-state index is 2.57. The van der Waals surface area contributed by atoms with Crippen LogP contribution in [0.2, 0.25) is 0 Å². The van der Waals surface area contributed by atoms with Crippen LogP contribution < -0.4 is 9.80 Å². The molecule has 8 fully saturated rings. The molecule has 112 heavy (non-hydrogen) atoms. The second-order valence-corrected chi connectivity index (χ2v) is 36.3. The monoisotopic (exact) mass is 1470 g/mol. The molecular formula is C108H84N2S2. The largest absolute Gasteiger partial charge is 0.310 e. The number of rotatable bonds is 10. The Labute approximate surface area is 664 Å². The predicted octanol–water partition coefficient (Wildman–Crippen LogP) is 30.3. The Morgan fingerprint density at radius 3 is 1.04 bits per heavy atom. The third-order valence-corrected chi connectivity index (χ3v) is 31.0. The van der Waals surface area contributed by atoms with E-state index < -0.39 is 0 Å². The molecule has 0 radical (unpaired) electrons. The molecule has 2 heterocycles. The van der Waals surface area contributed by atoms with Gasteiger partial charge in [0.15, 0.2) is 0 Å². The van der Waals surface area contributed by atoms with E-state index in [0.717, 1.165) is 64.4 Å². The smallest absolute Gasteiger partial charge is 0.0555 e. The summed E-state index contributed by atoms with van der Waals surface area (Å²) >= 11 is 3.76. The maximum atomic E-state index is 2.57. The Morgan fingerprint density at radius 1 is 0.214 bits per heavy atom. The lowest BCUT2D eigenvalue weighted by Crippen LogP contribution is -2.55. The summed E-state index contributed by atoms with van der Waals surface area (Å²) < 4.78 is 5.26. The number of hydrogen-bond acceptors (Lipinski definition) is 4. The number of nitrogens with zero attached hydrogens (tertiary/aromatic N) is 2. The minimum atomic E-state index is 0.188. The zero-order chi connectivity index (χ0) is 73.3. The summed E-state index contributed by atoms with van der Waals surface area (Å²) in [7, 11) is 0. The second-order valence-electron chi connectivity index (χ2n) is 34.2. The highest BCUT2D eigenvalue weighted by molar-refractivity contribution is 7.26. The molecule has 2 nitrogen and oxygen atoms in total. The fourth-order valence-electron chi connectivity index (χ4n) is 24.8. The third-order valence-electron chi connectivity index (χ3n) is 28.7. The van der Waals surface area contributed by atoms with Crippen LogP contribution in [-0.4, -0.2) is 0 Å². The summed E-state index contributed by atoms with van der Waals surface area (Å²) in [4.78, 5) is 4.96. The normalized spacial score (nSPS) is 22.9. The second kappa shape index (κ2) is 25.6. The first-order valence-electron chi connectivity index (χ1n) is 41.3. The van der Waals surface area contributed by atoms with Gasteiger partial charge in [0.1, 0.15) is 0 Å². The van der Waals surface area contributed by atoms with E-state index in [1.165, 1.54) is 199 Å². The van der Waals surface area contributed by atoms with Crippen LogP contribution in [0.15, 0.2) is 340 Å². The molecule has 15 aromatic carbocycles. The van der Waals surface area contributed by atoms with Crippen LogP contribution in [0.5, 0.6) is 0 Å². The van der Waals surface area contributed by atoms with Gasteiger partial charge in [-0.15, -0.1) is 22.7 Å². The summed E-state index contributed by atoms with van der Waals surface area (Å²) in [5, 5.41) is 7.77. The van der Waals surface area contributed by atoms with Gasteiger partial charge in [-0.2, -0.15) is 0 Å². The molecule has 0 unspecified atom stereocenters. The van der Waals surface area contributed by atoms with Crippen molar-refractivity contribution in [2.45, 2.75) is 75.0 Å². The molecule has 0 aliphatic heterocycles. The van der Waals surface area contributed by atoms with Crippen molar-refractivity contribution in [3.63, 3.8) is 0 Å². The van der Waals surface area contributed by atoms with Crippen molar-refractivity contribution in [2.75, 3.05) is 9.80 Å². The van der Waals surface area contributed by atoms with Crippen LogP contribution in [0, 0.1) is 47.3 Å². The first-order chi connectivity index (χ1) is 55.4. The highest BCUT2D eigenvalue weighted by Gasteiger charge is 2.63. The van der Waals surface area contributed by atoms with Crippen LogP contribution in [0.25, 0.3) is 118 Å². The predicted molar refractivity (Wildman–Crippen MR) is 474 cm³/mol. The molecule has 4 heteroatoms. The summed E-state index contributed by atoms with van der Waals surface area (Å²) in [6, 6.07) is 128. The van der Waals surface area contributed by atoms with Crippen LogP contribution in [0.4, 0.5) is 34.1 Å². The van der Waals surface area contributed by atoms with Crippen LogP contribution in [0.3, 0.4) is 0 Å². The van der Waals surface area contributed by atoms with Gasteiger partial charge in [-0.05, 0) is 297 Å². The van der Waals surface area contributed by atoms with Gasteiger partial charge in [0.05, 0.1) is 17.1 Å². The van der Waals surface area contributed by atoms with Gasteiger partial charge in [-0.3, -0.25) is 0 Å². The van der Waals surface area contributed by atoms with Crippen molar-refractivity contribution >= 4 is 108 Å². The van der Waals surface area contributed by atoms with E-state index >= 15 is 0 Å². The van der Waals surface area contributed by atoms with E-state index in [0.29, 0.717) is 0 Å². The fraction of sp³-hybridized carbons (Fsp3) is 0.185. The first-order valence-corrected chi connectivity index (χ1v) is 42.9. The van der Waals surface area contributed by atoms with Gasteiger partial charge in [-0.1, -0.05) is 249 Å². The summed E-state index contributed by atoms with van der Waals surface area (Å²) in [5.41, 5.74) is 30.0. The number of benzene rings is 15. The first kappa shape index (κ1) is 65.3. The number of fused-ring (bicyclic) bond motifs is 13. The zero-order valence-electron chi connectivity index (χ0n) is 62.7. The van der Waals surface area contributed by atoms with Crippen molar-refractivity contribution < 1.29 is 0 Å². The summed E-state index contributed by atoms with van der Waals surface area (Å²) in [5.74, 6) is 6.93. The zero-order valence-corrected chi connectivity index (χ0v) is 64.4. The Morgan fingerprint density at radius 2 is 0.562 bits per heavy atom. The van der Waals surface area contributed by atoms with Crippen LogP contribution in [-0.2, 0) is 10.8 Å². The SMILES string of the molecule is c1ccc(-c2ccc(N(c3ccc(-c4ccc5c(c4)-c4ccccc4C54C5CC6CC(C5)CC4C6)c4ccccc34)c3cccc4sc5ccccc5c34)cc2)cc1.c1ccc(-c2ccc(N(c3ccc(-c4ccc5c(c4)-c4ccccc4C54C5CC6CC(C5)CC4C6)cc3)c3cccc4sc5ccccc5c34)cc2)cc1. The third kappa shape index (κ3) is 9.86. The van der Waals surface area contributed by atoms with Gasteiger partial charge >= 0.3 is 0 Å². The number of hydrogen-bond donors (Lipinski definition) is 0. The minimum Gasteiger partial charge on any atom is -0.310 e. The molecule has 538 valence electrons. The Balaban J connectivity index is 0.000000131. The topological polar surface area (TPSA) is 6.48 Å². The van der Waals surface area contributed by atoms with Crippen LogP contribution in [0.1, 0.15) is 86.5 Å². The van der Waals surface area contributed by atoms with Crippen molar-refractivity contribution in [2.24, 2.45) is 47.3 Å². The lowest BCUT2D eigenvalue weighted by molar-refractivity contribution is -0.0399. The molecule has 8 saturated carbocycles. The standard InChI is InChI=1S/C56H43NS.C52H41NS/c1-2-11-37(12-3-1)38-21-24-42(25-22-38)57(52-18-10-20-54-55(52)47-16-7-9-19-53(47)58-54)51-28-26-43(44-13-4-5-15-46(44)51)39-23-27-50-48(34-39)45-14-6-8-17-49(45)56(50)40-30-35-29-36(32-40)33-41(56)31-35;1-2-9-35(10-3-1)36-17-22-41(23-18-36)53(48-14-8-16-50-51(48)44-12-5-7-15-49(44)54-50)42-24-19-37(20-25-42)38-21-26-47-45(32-38)43-11-4-6-13-46(43)52(47)39-28-33-27-34(30-39)31-40(52)29-33/h1-28,34-36,40-41H,29-33H2;1-26,32-34,39-40H,27-31H2. The van der Waals surface area contributed by atoms with Crippen molar-refractivity contribution in [1.29, 1.82) is 0 Å². The van der Waals surface area contributed by atoms with Gasteiger partial charge in [0, 0.05) is 73.6 Å². The van der Waals surface area contributed by atoms with Gasteiger partial charge in [0.2, 0.25) is 0 Å². The quantitative estimate of drug-likeness (QED) is 0.135. The highest BCUT2D eigenvalue weighted by atomic mass is 32.1. The Kier molecular flexibility index (Phi) is 14.9. The van der Waals surface area contributed by atoms with E-state index in [1.54, 1.807) is 22.3 Å². The molecule has 0 N–H and O–H groups in total. The lowest BCUT2D eigenvalue weighted by Gasteiger charge is -2.61. The molecule has 27 rings (SSSR count). The van der Waals surface area contributed by atoms with Gasteiger partial charge in [0.25, 0.3) is 0 Å². The molecule has 2 spiro atoms. The average Bonchev–Trinajstić information content (AvgIpc) is 1.51. The van der Waals surface area contributed by atoms with Crippen LogP contribution >= 0.6 is 22.7 Å². The fourth-order valence-corrected chi connectivity index (χ4v) is 27.0. The van der Waals surface area contributed by atoms with Crippen molar-refractivity contribution in [1.82, 2.24) is 0 Å². The molecule has 10 aliphatic rings. The molecule has 8 bridgehead atoms. The lowest BCUT2D eigenvalue weighted by atomic mass is 9.43. The molecule has 2 aromatic heterocycles. The number of anilines is 6. The summed E-state index contributed by atoms with van der Waals surface area (Å²) in [6.07, 6.45) is 14.3. The Hall–Kier alpha value is -11.4. The van der Waals surface area contributed by atoms with E-state index in [1.807, 2.05) is 22.7 Å². The number of thiophene rings is 2. The van der Waals surface area contributed by atoms with Crippen molar-refractivity contribution in [3.8, 4) is 66.8 Å². The highest BCUT2D eigenvalue weighted by Crippen LogP contribution is 2.72. The Bertz CT molecular complexity index is 6540. The molecule has 0 atom stereocenters. The molecule has 17 aromatic rings. The van der Waals surface area contributed by atoms with E-state index in [-0.39, 0.29) is 10.8 Å². The van der Waals surface area contributed by atoms with Gasteiger partial charge < -0.3 is 9.80 Å². The molecular weight excluding hydrogens is 1390 g/mol. The maximum Gasteiger partial charge on any atom is 0.0555 e. The average molecular weight is 1470 g/mol. The minimum absolute atomic E-state index is 0.188. The molecule has 0 saturated heterocycles. The molecule has 10 aliphatic carbocycles. The molecule has 0 amide bonds. The van der Waals surface area contributed by atoms with E-state index in [2.05, 4.69) is 350 Å². The summed E-state index contributed by atoms with van der Waals surface area (Å²) in [6.45, 7) is 0. The van der Waals surface area contributed by atoms with E-state index in [4.69, 9.17) is 0 Å².